The van der Waals surface area contributed by atoms with Gasteiger partial charge in [-0.1, -0.05) is 37.1 Å². The third-order valence-corrected chi connectivity index (χ3v) is 3.21. The van der Waals surface area contributed by atoms with Crippen molar-refractivity contribution in [2.75, 3.05) is 0 Å². The Bertz CT molecular complexity index is 315. The summed E-state index contributed by atoms with van der Waals surface area (Å²) in [5.41, 5.74) is 1.86. The number of aryl methyl sites for hydroxylation is 1. The Morgan fingerprint density at radius 2 is 1.93 bits per heavy atom. The maximum atomic E-state index is 10.3. The number of benzene rings is 1. The highest BCUT2D eigenvalue weighted by Crippen LogP contribution is 2.32. The lowest BCUT2D eigenvalue weighted by molar-refractivity contribution is 0.0423. The van der Waals surface area contributed by atoms with Gasteiger partial charge in [-0.25, -0.2) is 0 Å². The molecule has 0 heterocycles. The van der Waals surface area contributed by atoms with E-state index in [4.69, 9.17) is 0 Å². The molecule has 1 aromatic carbocycles. The highest BCUT2D eigenvalue weighted by molar-refractivity contribution is 5.32. The molecule has 1 aliphatic carbocycles. The van der Waals surface area contributed by atoms with Crippen LogP contribution < -0.4 is 0 Å². The minimum Gasteiger partial charge on any atom is -0.385 e. The molecule has 0 spiro atoms. The first-order valence-corrected chi connectivity index (χ1v) is 5.51. The van der Waals surface area contributed by atoms with E-state index in [1.54, 1.807) is 0 Å². The van der Waals surface area contributed by atoms with Gasteiger partial charge in [-0.3, -0.25) is 0 Å². The average molecular weight is 190 g/mol. The molecule has 1 unspecified atom stereocenters. The maximum absolute atomic E-state index is 10.3. The molecule has 0 bridgehead atoms. The van der Waals surface area contributed by atoms with Gasteiger partial charge in [-0.2, -0.15) is 0 Å². The lowest BCUT2D eigenvalue weighted by Gasteiger charge is -2.28. The van der Waals surface area contributed by atoms with Crippen LogP contribution in [0.1, 0.15) is 43.7 Å². The van der Waals surface area contributed by atoms with Crippen LogP contribution >= 0.6 is 0 Å². The second kappa shape index (κ2) is 3.74. The standard InChI is InChI=1S/C13H18O/c1-13(14)10-6-2-3-7-11-8-4-5-9-12(11)13/h4-5,8-9,14H,2-3,6-7,10H2,1H3. The fourth-order valence-corrected chi connectivity index (χ4v) is 2.36. The number of hydrogen-bond donors (Lipinski definition) is 1. The molecule has 14 heavy (non-hydrogen) atoms. The van der Waals surface area contributed by atoms with E-state index in [1.807, 2.05) is 13.0 Å². The molecule has 0 aliphatic heterocycles. The molecule has 1 aliphatic rings. The Morgan fingerprint density at radius 3 is 2.79 bits per heavy atom. The van der Waals surface area contributed by atoms with Crippen molar-refractivity contribution >= 4 is 0 Å². The van der Waals surface area contributed by atoms with Crippen molar-refractivity contribution in [1.29, 1.82) is 0 Å². The Hall–Kier alpha value is -0.820. The first-order chi connectivity index (χ1) is 6.70. The molecule has 0 fully saturated rings. The highest BCUT2D eigenvalue weighted by Gasteiger charge is 2.26. The second-order valence-electron chi connectivity index (χ2n) is 4.49. The summed E-state index contributed by atoms with van der Waals surface area (Å²) >= 11 is 0. The summed E-state index contributed by atoms with van der Waals surface area (Å²) in [6.07, 6.45) is 5.65. The van der Waals surface area contributed by atoms with E-state index in [1.165, 1.54) is 18.4 Å². The third kappa shape index (κ3) is 1.83. The summed E-state index contributed by atoms with van der Waals surface area (Å²) in [4.78, 5) is 0. The number of rotatable bonds is 0. The van der Waals surface area contributed by atoms with Gasteiger partial charge in [0.2, 0.25) is 0 Å². The van der Waals surface area contributed by atoms with E-state index in [-0.39, 0.29) is 0 Å². The van der Waals surface area contributed by atoms with Crippen LogP contribution in [0.25, 0.3) is 0 Å². The molecule has 0 amide bonds. The van der Waals surface area contributed by atoms with Crippen LogP contribution in [0.2, 0.25) is 0 Å². The van der Waals surface area contributed by atoms with Gasteiger partial charge >= 0.3 is 0 Å². The summed E-state index contributed by atoms with van der Waals surface area (Å²) in [7, 11) is 0. The zero-order valence-electron chi connectivity index (χ0n) is 8.79. The van der Waals surface area contributed by atoms with Crippen molar-refractivity contribution in [3.63, 3.8) is 0 Å². The summed E-state index contributed by atoms with van der Waals surface area (Å²) in [6, 6.07) is 8.31. The van der Waals surface area contributed by atoms with Gasteiger partial charge in [0.15, 0.2) is 0 Å². The molecule has 0 aromatic heterocycles. The van der Waals surface area contributed by atoms with Gasteiger partial charge in [0.25, 0.3) is 0 Å². The van der Waals surface area contributed by atoms with E-state index < -0.39 is 5.60 Å². The van der Waals surface area contributed by atoms with Gasteiger partial charge in [0, 0.05) is 0 Å². The molecule has 0 saturated heterocycles. The molecular weight excluding hydrogens is 172 g/mol. The first-order valence-electron chi connectivity index (χ1n) is 5.51. The van der Waals surface area contributed by atoms with Crippen LogP contribution in [0.15, 0.2) is 24.3 Å². The zero-order chi connectivity index (χ0) is 10.0. The largest absolute Gasteiger partial charge is 0.385 e. The van der Waals surface area contributed by atoms with Crippen LogP contribution in [0, 0.1) is 0 Å². The average Bonchev–Trinajstić information content (AvgIpc) is 2.15. The molecule has 1 aromatic rings. The normalized spacial score (nSPS) is 27.6. The van der Waals surface area contributed by atoms with Crippen LogP contribution in [-0.2, 0) is 12.0 Å². The van der Waals surface area contributed by atoms with Gasteiger partial charge in [-0.15, -0.1) is 0 Å². The molecule has 1 atom stereocenters. The van der Waals surface area contributed by atoms with Gasteiger partial charge < -0.3 is 5.11 Å². The Morgan fingerprint density at radius 1 is 1.14 bits per heavy atom. The third-order valence-electron chi connectivity index (χ3n) is 3.21. The Kier molecular flexibility index (Phi) is 2.60. The van der Waals surface area contributed by atoms with Gasteiger partial charge in [-0.05, 0) is 37.3 Å². The SMILES string of the molecule is CC1(O)CCCCCc2ccccc21. The van der Waals surface area contributed by atoms with Crippen molar-refractivity contribution in [2.45, 2.75) is 44.6 Å². The molecule has 76 valence electrons. The number of hydrogen-bond acceptors (Lipinski definition) is 1. The molecule has 1 nitrogen and oxygen atoms in total. The molecular formula is C13H18O. The maximum Gasteiger partial charge on any atom is 0.0871 e. The predicted molar refractivity (Wildman–Crippen MR) is 58.2 cm³/mol. The Balaban J connectivity index is 2.42. The van der Waals surface area contributed by atoms with Crippen LogP contribution in [0.5, 0.6) is 0 Å². The number of aliphatic hydroxyl groups is 1. The van der Waals surface area contributed by atoms with E-state index in [9.17, 15) is 5.11 Å². The molecule has 0 radical (unpaired) electrons. The van der Waals surface area contributed by atoms with Gasteiger partial charge in [0.1, 0.15) is 0 Å². The van der Waals surface area contributed by atoms with Crippen molar-refractivity contribution in [3.05, 3.63) is 35.4 Å². The quantitative estimate of drug-likeness (QED) is 0.666. The summed E-state index contributed by atoms with van der Waals surface area (Å²) in [6.45, 7) is 1.94. The minimum absolute atomic E-state index is 0.614. The number of fused-ring (bicyclic) bond motifs is 1. The van der Waals surface area contributed by atoms with E-state index in [0.717, 1.165) is 24.8 Å². The van der Waals surface area contributed by atoms with Crippen molar-refractivity contribution in [3.8, 4) is 0 Å². The Labute approximate surface area is 85.8 Å². The van der Waals surface area contributed by atoms with E-state index in [2.05, 4.69) is 18.2 Å². The van der Waals surface area contributed by atoms with E-state index in [0.29, 0.717) is 0 Å². The van der Waals surface area contributed by atoms with Crippen molar-refractivity contribution in [1.82, 2.24) is 0 Å². The van der Waals surface area contributed by atoms with Crippen molar-refractivity contribution < 1.29 is 5.11 Å². The highest BCUT2D eigenvalue weighted by atomic mass is 16.3. The topological polar surface area (TPSA) is 20.2 Å². The summed E-state index contributed by atoms with van der Waals surface area (Å²) < 4.78 is 0. The van der Waals surface area contributed by atoms with E-state index >= 15 is 0 Å². The van der Waals surface area contributed by atoms with Crippen LogP contribution in [0.3, 0.4) is 0 Å². The molecule has 1 N–H and O–H groups in total. The summed E-state index contributed by atoms with van der Waals surface area (Å²) in [5.74, 6) is 0. The predicted octanol–water partition coefficient (Wildman–Crippen LogP) is 3.01. The smallest absolute Gasteiger partial charge is 0.0871 e. The minimum atomic E-state index is -0.614. The first kappa shape index (κ1) is 9.72. The van der Waals surface area contributed by atoms with Crippen LogP contribution in [-0.4, -0.2) is 5.11 Å². The molecule has 1 heteroatoms. The zero-order valence-corrected chi connectivity index (χ0v) is 8.79. The fraction of sp³-hybridized carbons (Fsp3) is 0.538. The lowest BCUT2D eigenvalue weighted by atomic mass is 9.83. The molecule has 0 saturated carbocycles. The van der Waals surface area contributed by atoms with Crippen LogP contribution in [0.4, 0.5) is 0 Å². The second-order valence-corrected chi connectivity index (χ2v) is 4.49. The monoisotopic (exact) mass is 190 g/mol. The lowest BCUT2D eigenvalue weighted by Crippen LogP contribution is -2.24. The van der Waals surface area contributed by atoms with Gasteiger partial charge in [0.05, 0.1) is 5.60 Å². The van der Waals surface area contributed by atoms with Crippen molar-refractivity contribution in [2.24, 2.45) is 0 Å². The molecule has 2 rings (SSSR count). The fourth-order valence-electron chi connectivity index (χ4n) is 2.36. The summed E-state index contributed by atoms with van der Waals surface area (Å²) in [5, 5.41) is 10.3.